The van der Waals surface area contributed by atoms with Crippen LogP contribution in [0.3, 0.4) is 0 Å². The molecule has 0 atom stereocenters. The van der Waals surface area contributed by atoms with Crippen molar-refractivity contribution in [2.24, 2.45) is 0 Å². The maximum atomic E-state index is 12.2. The third kappa shape index (κ3) is 2.95. The van der Waals surface area contributed by atoms with Gasteiger partial charge in [0.2, 0.25) is 5.91 Å². The van der Waals surface area contributed by atoms with Crippen LogP contribution in [0.1, 0.15) is 11.1 Å². The van der Waals surface area contributed by atoms with Crippen LogP contribution < -0.4 is 10.8 Å². The topological polar surface area (TPSA) is 84.5 Å². The molecule has 1 aliphatic rings. The van der Waals surface area contributed by atoms with Gasteiger partial charge in [-0.15, -0.1) is 4.28 Å². The average molecular weight is 318 g/mol. The number of carbonyl (C=O) groups is 1. The summed E-state index contributed by atoms with van der Waals surface area (Å²) >= 11 is 0. The van der Waals surface area contributed by atoms with Crippen LogP contribution in [0.5, 0.6) is 0 Å². The maximum absolute atomic E-state index is 12.2. The van der Waals surface area contributed by atoms with Crippen molar-refractivity contribution in [2.45, 2.75) is 18.2 Å². The molecule has 6 nitrogen and oxygen atoms in total. The van der Waals surface area contributed by atoms with E-state index < -0.39 is 10.1 Å². The van der Waals surface area contributed by atoms with Crippen LogP contribution >= 0.6 is 0 Å². The van der Waals surface area contributed by atoms with Crippen LogP contribution in [-0.2, 0) is 25.6 Å². The molecule has 0 fully saturated rings. The zero-order valence-corrected chi connectivity index (χ0v) is 12.6. The molecule has 2 aromatic rings. The van der Waals surface area contributed by atoms with E-state index in [0.717, 1.165) is 5.56 Å². The van der Waals surface area contributed by atoms with Crippen molar-refractivity contribution in [3.63, 3.8) is 0 Å². The molecule has 0 bridgehead atoms. The molecule has 2 N–H and O–H groups in total. The molecule has 0 saturated heterocycles. The first-order valence-corrected chi connectivity index (χ1v) is 8.04. The minimum atomic E-state index is -3.96. The molecule has 0 radical (unpaired) electrons. The number of nitrogens with one attached hydrogen (secondary N) is 2. The van der Waals surface area contributed by atoms with Crippen molar-refractivity contribution in [3.05, 3.63) is 53.6 Å². The number of fused-ring (bicyclic) bond motifs is 1. The molecular formula is C15H14N2O4S. The summed E-state index contributed by atoms with van der Waals surface area (Å²) in [4.78, 5) is 11.3. The number of rotatable bonds is 4. The molecule has 0 spiro atoms. The van der Waals surface area contributed by atoms with Crippen LogP contribution in [0.15, 0.2) is 47.4 Å². The van der Waals surface area contributed by atoms with Crippen LogP contribution in [0.2, 0.25) is 0 Å². The molecule has 7 heteroatoms. The molecule has 2 aromatic carbocycles. The number of aryl methyl sites for hydroxylation is 1. The van der Waals surface area contributed by atoms with Gasteiger partial charge in [0.25, 0.3) is 0 Å². The lowest BCUT2D eigenvalue weighted by atomic mass is 10.2. The van der Waals surface area contributed by atoms with Gasteiger partial charge in [0, 0.05) is 5.69 Å². The molecule has 3 rings (SSSR count). The van der Waals surface area contributed by atoms with Gasteiger partial charge in [-0.3, -0.25) is 4.79 Å². The Morgan fingerprint density at radius 1 is 1.18 bits per heavy atom. The monoisotopic (exact) mass is 318 g/mol. The largest absolute Gasteiger partial charge is 0.326 e. The third-order valence-corrected chi connectivity index (χ3v) is 4.41. The van der Waals surface area contributed by atoms with Crippen molar-refractivity contribution >= 4 is 27.4 Å². The summed E-state index contributed by atoms with van der Waals surface area (Å²) in [5.41, 5.74) is 5.23. The highest BCUT2D eigenvalue weighted by molar-refractivity contribution is 7.86. The Bertz CT molecular complexity index is 846. The normalized spacial score (nSPS) is 13.6. The van der Waals surface area contributed by atoms with E-state index in [2.05, 4.69) is 10.8 Å². The lowest BCUT2D eigenvalue weighted by molar-refractivity contribution is -0.115. The van der Waals surface area contributed by atoms with Gasteiger partial charge in [0.1, 0.15) is 0 Å². The standard InChI is InChI=1S/C15H14N2O4S/c1-10-3-2-4-12(7-10)17-21-22(19,20)13-5-6-14-11(8-13)9-15(18)16-14/h2-8,17H,9H2,1H3,(H,16,18). The van der Waals surface area contributed by atoms with E-state index in [9.17, 15) is 13.2 Å². The first-order chi connectivity index (χ1) is 10.4. The SMILES string of the molecule is Cc1cccc(NOS(=O)(=O)c2ccc3c(c2)CC(=O)N3)c1. The van der Waals surface area contributed by atoms with Gasteiger partial charge in [-0.2, -0.15) is 8.42 Å². The molecule has 0 saturated carbocycles. The fourth-order valence-electron chi connectivity index (χ4n) is 2.22. The van der Waals surface area contributed by atoms with Crippen LogP contribution in [-0.4, -0.2) is 14.3 Å². The Hall–Kier alpha value is -2.38. The summed E-state index contributed by atoms with van der Waals surface area (Å²) < 4.78 is 29.2. The molecule has 0 aromatic heterocycles. The highest BCUT2D eigenvalue weighted by atomic mass is 32.2. The van der Waals surface area contributed by atoms with Crippen molar-refractivity contribution in [1.82, 2.24) is 0 Å². The predicted octanol–water partition coefficient (Wildman–Crippen LogP) is 2.22. The van der Waals surface area contributed by atoms with E-state index in [-0.39, 0.29) is 17.2 Å². The Morgan fingerprint density at radius 3 is 2.77 bits per heavy atom. The van der Waals surface area contributed by atoms with E-state index >= 15 is 0 Å². The Kier molecular flexibility index (Phi) is 3.59. The van der Waals surface area contributed by atoms with E-state index in [4.69, 9.17) is 4.28 Å². The van der Waals surface area contributed by atoms with E-state index in [1.54, 1.807) is 24.3 Å². The second-order valence-electron chi connectivity index (χ2n) is 5.05. The number of carbonyl (C=O) groups excluding carboxylic acids is 1. The van der Waals surface area contributed by atoms with Gasteiger partial charge < -0.3 is 5.32 Å². The van der Waals surface area contributed by atoms with Gasteiger partial charge in [0.05, 0.1) is 17.0 Å². The molecule has 0 unspecified atom stereocenters. The third-order valence-electron chi connectivity index (χ3n) is 3.28. The van der Waals surface area contributed by atoms with Crippen LogP contribution in [0, 0.1) is 6.92 Å². The van der Waals surface area contributed by atoms with E-state index in [1.807, 2.05) is 13.0 Å². The summed E-state index contributed by atoms with van der Waals surface area (Å²) in [6, 6.07) is 11.6. The number of hydrogen-bond donors (Lipinski definition) is 2. The lowest BCUT2D eigenvalue weighted by Gasteiger charge is -2.09. The highest BCUT2D eigenvalue weighted by Crippen LogP contribution is 2.26. The molecule has 1 amide bonds. The number of hydrogen-bond acceptors (Lipinski definition) is 5. The summed E-state index contributed by atoms with van der Waals surface area (Å²) in [6.07, 6.45) is 0.171. The smallest absolute Gasteiger partial charge is 0.317 e. The fraction of sp³-hybridized carbons (Fsp3) is 0.133. The molecule has 1 aliphatic heterocycles. The van der Waals surface area contributed by atoms with Crippen molar-refractivity contribution in [2.75, 3.05) is 10.8 Å². The lowest BCUT2D eigenvalue weighted by Crippen LogP contribution is -2.12. The van der Waals surface area contributed by atoms with Gasteiger partial charge in [0.15, 0.2) is 0 Å². The van der Waals surface area contributed by atoms with Crippen molar-refractivity contribution in [3.8, 4) is 0 Å². The van der Waals surface area contributed by atoms with E-state index in [0.29, 0.717) is 16.9 Å². The Balaban J connectivity index is 1.79. The summed E-state index contributed by atoms with van der Waals surface area (Å²) in [6.45, 7) is 1.89. The van der Waals surface area contributed by atoms with Gasteiger partial charge >= 0.3 is 10.1 Å². The highest BCUT2D eigenvalue weighted by Gasteiger charge is 2.22. The second-order valence-corrected chi connectivity index (χ2v) is 6.60. The van der Waals surface area contributed by atoms with Crippen molar-refractivity contribution in [1.29, 1.82) is 0 Å². The number of benzene rings is 2. The average Bonchev–Trinajstić information content (AvgIpc) is 2.84. The number of amides is 1. The zero-order chi connectivity index (χ0) is 15.7. The molecule has 22 heavy (non-hydrogen) atoms. The Morgan fingerprint density at radius 2 is 2.00 bits per heavy atom. The zero-order valence-electron chi connectivity index (χ0n) is 11.8. The first kappa shape index (κ1) is 14.6. The van der Waals surface area contributed by atoms with Crippen molar-refractivity contribution < 1.29 is 17.5 Å². The van der Waals surface area contributed by atoms with Crippen LogP contribution in [0.4, 0.5) is 11.4 Å². The maximum Gasteiger partial charge on any atom is 0.317 e. The molecule has 114 valence electrons. The molecular weight excluding hydrogens is 304 g/mol. The summed E-state index contributed by atoms with van der Waals surface area (Å²) in [5.74, 6) is -0.150. The van der Waals surface area contributed by atoms with Gasteiger partial charge in [-0.25, -0.2) is 5.48 Å². The first-order valence-electron chi connectivity index (χ1n) is 6.63. The Labute approximate surface area is 128 Å². The van der Waals surface area contributed by atoms with Crippen LogP contribution in [0.25, 0.3) is 0 Å². The quantitative estimate of drug-likeness (QED) is 0.845. The summed E-state index contributed by atoms with van der Waals surface area (Å²) in [5, 5.41) is 2.65. The molecule has 0 aliphatic carbocycles. The summed E-state index contributed by atoms with van der Waals surface area (Å²) in [7, 11) is -3.96. The van der Waals surface area contributed by atoms with Gasteiger partial charge in [-0.1, -0.05) is 12.1 Å². The minimum absolute atomic E-state index is 0.00269. The minimum Gasteiger partial charge on any atom is -0.326 e. The van der Waals surface area contributed by atoms with Gasteiger partial charge in [-0.05, 0) is 48.4 Å². The fourth-order valence-corrected chi connectivity index (χ4v) is 3.04. The van der Waals surface area contributed by atoms with E-state index in [1.165, 1.54) is 12.1 Å². The number of anilines is 2. The second kappa shape index (κ2) is 5.43. The molecule has 1 heterocycles. The predicted molar refractivity (Wildman–Crippen MR) is 81.8 cm³/mol.